The van der Waals surface area contributed by atoms with E-state index in [1.54, 1.807) is 18.2 Å². The number of carbonyl (C=O) groups is 1. The first-order chi connectivity index (χ1) is 12.8. The monoisotopic (exact) mass is 387 g/mol. The molecule has 1 fully saturated rings. The second-order valence-electron chi connectivity index (χ2n) is 6.93. The summed E-state index contributed by atoms with van der Waals surface area (Å²) in [5, 5.41) is 3.25. The van der Waals surface area contributed by atoms with Gasteiger partial charge in [-0.1, -0.05) is 12.1 Å². The summed E-state index contributed by atoms with van der Waals surface area (Å²) in [4.78, 5) is 14.6. The fourth-order valence-corrected chi connectivity index (χ4v) is 4.27. The molecule has 2 aromatic rings. The zero-order valence-corrected chi connectivity index (χ0v) is 16.6. The molecular formula is C20H25N3O3S. The fourth-order valence-electron chi connectivity index (χ4n) is 3.15. The SMILES string of the molecule is Cc1cccc(NS(=O)(=O)c2ccc(C(=O)N3CCNCC3C)cc2)c1C. The molecule has 144 valence electrons. The van der Waals surface area contributed by atoms with Gasteiger partial charge in [0.2, 0.25) is 0 Å². The Morgan fingerprint density at radius 3 is 2.52 bits per heavy atom. The maximum absolute atomic E-state index is 12.7. The third-order valence-electron chi connectivity index (χ3n) is 5.02. The number of rotatable bonds is 4. The van der Waals surface area contributed by atoms with Gasteiger partial charge in [0.05, 0.1) is 10.6 Å². The largest absolute Gasteiger partial charge is 0.333 e. The highest BCUT2D eigenvalue weighted by atomic mass is 32.2. The number of nitrogens with one attached hydrogen (secondary N) is 2. The predicted octanol–water partition coefficient (Wildman–Crippen LogP) is 2.54. The molecule has 1 aliphatic heterocycles. The van der Waals surface area contributed by atoms with Gasteiger partial charge in [0, 0.05) is 31.2 Å². The van der Waals surface area contributed by atoms with Crippen molar-refractivity contribution in [1.82, 2.24) is 10.2 Å². The number of piperazine rings is 1. The average Bonchev–Trinajstić information content (AvgIpc) is 2.65. The summed E-state index contributed by atoms with van der Waals surface area (Å²) < 4.78 is 28.0. The molecule has 27 heavy (non-hydrogen) atoms. The molecule has 0 saturated carbocycles. The van der Waals surface area contributed by atoms with Gasteiger partial charge in [-0.05, 0) is 62.2 Å². The van der Waals surface area contributed by atoms with Crippen LogP contribution < -0.4 is 10.0 Å². The van der Waals surface area contributed by atoms with Crippen LogP contribution in [-0.4, -0.2) is 44.9 Å². The Morgan fingerprint density at radius 2 is 1.85 bits per heavy atom. The minimum absolute atomic E-state index is 0.0737. The first-order valence-electron chi connectivity index (χ1n) is 9.00. The van der Waals surface area contributed by atoms with E-state index in [1.165, 1.54) is 12.1 Å². The van der Waals surface area contributed by atoms with Crippen molar-refractivity contribution in [2.75, 3.05) is 24.4 Å². The second-order valence-corrected chi connectivity index (χ2v) is 8.61. The van der Waals surface area contributed by atoms with E-state index in [9.17, 15) is 13.2 Å². The summed E-state index contributed by atoms with van der Waals surface area (Å²) in [5.41, 5.74) is 2.96. The van der Waals surface area contributed by atoms with Gasteiger partial charge < -0.3 is 10.2 Å². The smallest absolute Gasteiger partial charge is 0.261 e. The third-order valence-corrected chi connectivity index (χ3v) is 6.40. The van der Waals surface area contributed by atoms with E-state index >= 15 is 0 Å². The Balaban J connectivity index is 1.79. The van der Waals surface area contributed by atoms with E-state index < -0.39 is 10.0 Å². The normalized spacial score (nSPS) is 17.6. The summed E-state index contributed by atoms with van der Waals surface area (Å²) in [7, 11) is -3.72. The Hall–Kier alpha value is -2.38. The van der Waals surface area contributed by atoms with Gasteiger partial charge in [-0.2, -0.15) is 0 Å². The Bertz CT molecular complexity index is 939. The number of sulfonamides is 1. The van der Waals surface area contributed by atoms with E-state index in [2.05, 4.69) is 10.0 Å². The lowest BCUT2D eigenvalue weighted by molar-refractivity contribution is 0.0655. The summed E-state index contributed by atoms with van der Waals surface area (Å²) in [6, 6.07) is 11.7. The number of amides is 1. The summed E-state index contributed by atoms with van der Waals surface area (Å²) in [5.74, 6) is -0.0737. The predicted molar refractivity (Wildman–Crippen MR) is 107 cm³/mol. The lowest BCUT2D eigenvalue weighted by atomic mass is 10.1. The molecule has 7 heteroatoms. The van der Waals surface area contributed by atoms with Crippen LogP contribution in [0.5, 0.6) is 0 Å². The van der Waals surface area contributed by atoms with Gasteiger partial charge in [0.15, 0.2) is 0 Å². The highest BCUT2D eigenvalue weighted by Gasteiger charge is 2.24. The van der Waals surface area contributed by atoms with Crippen LogP contribution in [-0.2, 0) is 10.0 Å². The molecule has 0 bridgehead atoms. The van der Waals surface area contributed by atoms with E-state index in [-0.39, 0.29) is 16.8 Å². The van der Waals surface area contributed by atoms with Crippen molar-refractivity contribution in [2.45, 2.75) is 31.7 Å². The molecule has 2 N–H and O–H groups in total. The van der Waals surface area contributed by atoms with Gasteiger partial charge in [0.25, 0.3) is 15.9 Å². The Morgan fingerprint density at radius 1 is 1.15 bits per heavy atom. The molecule has 1 unspecified atom stereocenters. The maximum atomic E-state index is 12.7. The van der Waals surface area contributed by atoms with Crippen molar-refractivity contribution >= 4 is 21.6 Å². The second kappa shape index (κ2) is 7.70. The zero-order valence-electron chi connectivity index (χ0n) is 15.8. The van der Waals surface area contributed by atoms with Crippen molar-refractivity contribution < 1.29 is 13.2 Å². The highest BCUT2D eigenvalue weighted by Crippen LogP contribution is 2.22. The molecule has 1 heterocycles. The van der Waals surface area contributed by atoms with E-state index in [0.29, 0.717) is 17.8 Å². The van der Waals surface area contributed by atoms with Crippen LogP contribution >= 0.6 is 0 Å². The molecule has 1 atom stereocenters. The van der Waals surface area contributed by atoms with Crippen molar-refractivity contribution in [3.05, 3.63) is 59.2 Å². The average molecular weight is 388 g/mol. The van der Waals surface area contributed by atoms with E-state index in [0.717, 1.165) is 24.2 Å². The zero-order chi connectivity index (χ0) is 19.6. The van der Waals surface area contributed by atoms with Gasteiger partial charge in [-0.25, -0.2) is 8.42 Å². The number of hydrogen-bond acceptors (Lipinski definition) is 4. The molecule has 0 spiro atoms. The quantitative estimate of drug-likeness (QED) is 0.845. The molecule has 3 rings (SSSR count). The van der Waals surface area contributed by atoms with Crippen molar-refractivity contribution in [2.24, 2.45) is 0 Å². The maximum Gasteiger partial charge on any atom is 0.261 e. The molecule has 2 aromatic carbocycles. The number of anilines is 1. The Labute approximate surface area is 160 Å². The number of benzene rings is 2. The Kier molecular flexibility index (Phi) is 5.53. The molecule has 1 saturated heterocycles. The highest BCUT2D eigenvalue weighted by molar-refractivity contribution is 7.92. The summed E-state index contributed by atoms with van der Waals surface area (Å²) in [6.07, 6.45) is 0. The third kappa shape index (κ3) is 4.14. The van der Waals surface area contributed by atoms with E-state index in [1.807, 2.05) is 37.8 Å². The van der Waals surface area contributed by atoms with Gasteiger partial charge in [-0.3, -0.25) is 9.52 Å². The topological polar surface area (TPSA) is 78.5 Å². The first-order valence-corrected chi connectivity index (χ1v) is 10.5. The van der Waals surface area contributed by atoms with Gasteiger partial charge in [0.1, 0.15) is 0 Å². The van der Waals surface area contributed by atoms with Crippen molar-refractivity contribution in [3.8, 4) is 0 Å². The summed E-state index contributed by atoms with van der Waals surface area (Å²) >= 11 is 0. The molecule has 0 aromatic heterocycles. The minimum Gasteiger partial charge on any atom is -0.333 e. The molecular weight excluding hydrogens is 362 g/mol. The van der Waals surface area contributed by atoms with Crippen LogP contribution in [0.25, 0.3) is 0 Å². The van der Waals surface area contributed by atoms with Crippen molar-refractivity contribution in [3.63, 3.8) is 0 Å². The molecule has 1 aliphatic rings. The standard InChI is InChI=1S/C20H25N3O3S/c1-14-5-4-6-19(16(14)3)22-27(25,26)18-9-7-17(8-10-18)20(24)23-12-11-21-13-15(23)2/h4-10,15,21-22H,11-13H2,1-3H3. The van der Waals surface area contributed by atoms with Crippen LogP contribution in [0.4, 0.5) is 5.69 Å². The lowest BCUT2D eigenvalue weighted by Gasteiger charge is -2.34. The van der Waals surface area contributed by atoms with Gasteiger partial charge in [-0.15, -0.1) is 0 Å². The molecule has 0 aliphatic carbocycles. The molecule has 1 amide bonds. The number of carbonyl (C=O) groups excluding carboxylic acids is 1. The minimum atomic E-state index is -3.72. The lowest BCUT2D eigenvalue weighted by Crippen LogP contribution is -2.52. The number of hydrogen-bond donors (Lipinski definition) is 2. The fraction of sp³-hybridized carbons (Fsp3) is 0.350. The number of nitrogens with zero attached hydrogens (tertiary/aromatic N) is 1. The first kappa shape index (κ1) is 19.4. The summed E-state index contributed by atoms with van der Waals surface area (Å²) in [6.45, 7) is 7.99. The number of aryl methyl sites for hydroxylation is 1. The van der Waals surface area contributed by atoms with Crippen molar-refractivity contribution in [1.29, 1.82) is 0 Å². The van der Waals surface area contributed by atoms with Crippen LogP contribution in [0.15, 0.2) is 47.4 Å². The van der Waals surface area contributed by atoms with Gasteiger partial charge >= 0.3 is 0 Å². The van der Waals surface area contributed by atoms with Crippen LogP contribution in [0.2, 0.25) is 0 Å². The molecule has 6 nitrogen and oxygen atoms in total. The molecule has 0 radical (unpaired) electrons. The van der Waals surface area contributed by atoms with E-state index in [4.69, 9.17) is 0 Å². The van der Waals surface area contributed by atoms with Crippen LogP contribution in [0.3, 0.4) is 0 Å². The van der Waals surface area contributed by atoms with Crippen LogP contribution in [0.1, 0.15) is 28.4 Å². The van der Waals surface area contributed by atoms with Crippen LogP contribution in [0, 0.1) is 13.8 Å².